The number of hydrogen-bond donors (Lipinski definition) is 2. The zero-order valence-electron chi connectivity index (χ0n) is 10.3. The van der Waals surface area contributed by atoms with E-state index in [4.69, 9.17) is 4.42 Å². The average molecular weight is 249 g/mol. The van der Waals surface area contributed by atoms with Crippen LogP contribution in [0.5, 0.6) is 0 Å². The number of amides is 2. The Morgan fingerprint density at radius 3 is 2.83 bits per heavy atom. The molecule has 1 aliphatic rings. The Hall–Kier alpha value is -2.11. The van der Waals surface area contributed by atoms with Gasteiger partial charge in [-0.15, -0.1) is 0 Å². The fourth-order valence-corrected chi connectivity index (χ4v) is 1.68. The fourth-order valence-electron chi connectivity index (χ4n) is 1.68. The number of carbonyl (C=O) groups is 2. The van der Waals surface area contributed by atoms with E-state index in [-0.39, 0.29) is 17.9 Å². The minimum Gasteiger partial charge on any atom is -0.464 e. The van der Waals surface area contributed by atoms with Crippen molar-refractivity contribution in [2.75, 3.05) is 0 Å². The first-order valence-electron chi connectivity index (χ1n) is 5.79. The number of furan rings is 1. The van der Waals surface area contributed by atoms with E-state index in [1.807, 2.05) is 26.0 Å². The van der Waals surface area contributed by atoms with Crippen molar-refractivity contribution in [2.45, 2.75) is 32.7 Å². The third-order valence-corrected chi connectivity index (χ3v) is 2.70. The predicted molar refractivity (Wildman–Crippen MR) is 64.8 cm³/mol. The van der Waals surface area contributed by atoms with Gasteiger partial charge in [0.25, 0.3) is 5.91 Å². The van der Waals surface area contributed by atoms with Crippen molar-refractivity contribution in [2.24, 2.45) is 5.10 Å². The molecule has 0 fully saturated rings. The minimum atomic E-state index is -0.281. The number of nitrogens with zero attached hydrogens (tertiary/aromatic N) is 1. The summed E-state index contributed by atoms with van der Waals surface area (Å²) in [6.07, 6.45) is 0.655. The molecule has 1 aliphatic heterocycles. The summed E-state index contributed by atoms with van der Waals surface area (Å²) >= 11 is 0. The smallest absolute Gasteiger partial charge is 0.268 e. The first-order chi connectivity index (χ1) is 8.56. The van der Waals surface area contributed by atoms with E-state index in [2.05, 4.69) is 15.8 Å². The summed E-state index contributed by atoms with van der Waals surface area (Å²) in [4.78, 5) is 22.8. The second-order valence-corrected chi connectivity index (χ2v) is 4.24. The summed E-state index contributed by atoms with van der Waals surface area (Å²) in [7, 11) is 0. The van der Waals surface area contributed by atoms with Crippen LogP contribution in [0.1, 0.15) is 37.3 Å². The number of nitrogens with one attached hydrogen (secondary N) is 2. The molecule has 2 heterocycles. The second kappa shape index (κ2) is 5.03. The molecule has 6 heteroatoms. The molecule has 0 radical (unpaired) electrons. The predicted octanol–water partition coefficient (Wildman–Crippen LogP) is 1.03. The first-order valence-corrected chi connectivity index (χ1v) is 5.79. The third-order valence-electron chi connectivity index (χ3n) is 2.70. The molecule has 2 rings (SSSR count). The zero-order chi connectivity index (χ0) is 13.1. The summed E-state index contributed by atoms with van der Waals surface area (Å²) in [6, 6.07) is 3.44. The highest BCUT2D eigenvalue weighted by atomic mass is 16.3. The molecule has 0 unspecified atom stereocenters. The maximum Gasteiger partial charge on any atom is 0.268 e. The van der Waals surface area contributed by atoms with Gasteiger partial charge in [-0.05, 0) is 26.0 Å². The van der Waals surface area contributed by atoms with E-state index in [0.717, 1.165) is 5.76 Å². The summed E-state index contributed by atoms with van der Waals surface area (Å²) in [5, 5.41) is 6.52. The Morgan fingerprint density at radius 2 is 2.28 bits per heavy atom. The van der Waals surface area contributed by atoms with Gasteiger partial charge in [0.05, 0.1) is 6.04 Å². The maximum absolute atomic E-state index is 11.9. The van der Waals surface area contributed by atoms with Gasteiger partial charge in [-0.3, -0.25) is 9.59 Å². The van der Waals surface area contributed by atoms with Crippen LogP contribution in [0.2, 0.25) is 0 Å². The van der Waals surface area contributed by atoms with Crippen LogP contribution in [0.4, 0.5) is 0 Å². The normalized spacial score (nSPS) is 16.8. The van der Waals surface area contributed by atoms with Gasteiger partial charge >= 0.3 is 0 Å². The Bertz CT molecular complexity index is 504. The third kappa shape index (κ3) is 2.77. The van der Waals surface area contributed by atoms with E-state index < -0.39 is 0 Å². The number of rotatable bonds is 3. The van der Waals surface area contributed by atoms with Crippen LogP contribution in [0.3, 0.4) is 0 Å². The summed E-state index contributed by atoms with van der Waals surface area (Å²) in [5.41, 5.74) is 2.63. The molecule has 6 nitrogen and oxygen atoms in total. The van der Waals surface area contributed by atoms with Gasteiger partial charge in [0, 0.05) is 12.8 Å². The highest BCUT2D eigenvalue weighted by Gasteiger charge is 2.20. The molecule has 1 atom stereocenters. The second-order valence-electron chi connectivity index (χ2n) is 4.24. The maximum atomic E-state index is 11.9. The van der Waals surface area contributed by atoms with Gasteiger partial charge in [-0.25, -0.2) is 5.43 Å². The summed E-state index contributed by atoms with van der Waals surface area (Å²) < 4.78 is 5.43. The standard InChI is InChI=1S/C12H15N3O3/c1-7-3-5-10(18-7)8(2)13-12(17)9-4-6-11(16)15-14-9/h3,5,8H,4,6H2,1-2H3,(H,13,17)(H,15,16)/t8-/m0/s1. The van der Waals surface area contributed by atoms with E-state index >= 15 is 0 Å². The highest BCUT2D eigenvalue weighted by molar-refractivity contribution is 6.39. The number of hydrogen-bond acceptors (Lipinski definition) is 4. The van der Waals surface area contributed by atoms with E-state index in [9.17, 15) is 9.59 Å². The fraction of sp³-hybridized carbons (Fsp3) is 0.417. The largest absolute Gasteiger partial charge is 0.464 e. The number of carbonyl (C=O) groups excluding carboxylic acids is 2. The lowest BCUT2D eigenvalue weighted by molar-refractivity contribution is -0.121. The molecular weight excluding hydrogens is 234 g/mol. The molecule has 0 saturated heterocycles. The van der Waals surface area contributed by atoms with Crippen LogP contribution in [-0.2, 0) is 9.59 Å². The number of aryl methyl sites for hydroxylation is 1. The average Bonchev–Trinajstić information content (AvgIpc) is 2.76. The highest BCUT2D eigenvalue weighted by Crippen LogP contribution is 2.15. The van der Waals surface area contributed by atoms with Crippen LogP contribution < -0.4 is 10.7 Å². The minimum absolute atomic E-state index is 0.166. The number of hydrazone groups is 1. The molecule has 96 valence electrons. The molecular formula is C12H15N3O3. The van der Waals surface area contributed by atoms with Gasteiger partial charge in [-0.2, -0.15) is 5.10 Å². The van der Waals surface area contributed by atoms with Crippen molar-refractivity contribution in [1.82, 2.24) is 10.7 Å². The van der Waals surface area contributed by atoms with Crippen molar-refractivity contribution in [3.63, 3.8) is 0 Å². The van der Waals surface area contributed by atoms with Gasteiger partial charge in [0.2, 0.25) is 5.91 Å². The van der Waals surface area contributed by atoms with Crippen molar-refractivity contribution in [3.8, 4) is 0 Å². The topological polar surface area (TPSA) is 83.7 Å². The van der Waals surface area contributed by atoms with Crippen molar-refractivity contribution in [3.05, 3.63) is 23.7 Å². The van der Waals surface area contributed by atoms with Crippen molar-refractivity contribution in [1.29, 1.82) is 0 Å². The molecule has 0 spiro atoms. The molecule has 2 N–H and O–H groups in total. The van der Waals surface area contributed by atoms with Crippen LogP contribution in [0, 0.1) is 6.92 Å². The lowest BCUT2D eigenvalue weighted by atomic mass is 10.1. The van der Waals surface area contributed by atoms with Crippen molar-refractivity contribution >= 4 is 17.5 Å². The Kier molecular flexibility index (Phi) is 3.45. The SMILES string of the molecule is Cc1ccc([C@H](C)NC(=O)C2=NNC(=O)CC2)o1. The van der Waals surface area contributed by atoms with E-state index in [1.165, 1.54) is 0 Å². The lowest BCUT2D eigenvalue weighted by Crippen LogP contribution is -2.37. The Morgan fingerprint density at radius 1 is 1.50 bits per heavy atom. The van der Waals surface area contributed by atoms with Gasteiger partial charge in [-0.1, -0.05) is 0 Å². The van der Waals surface area contributed by atoms with Gasteiger partial charge in [0.15, 0.2) is 0 Å². The molecule has 0 aliphatic carbocycles. The molecule has 1 aromatic rings. The van der Waals surface area contributed by atoms with Crippen molar-refractivity contribution < 1.29 is 14.0 Å². The van der Waals surface area contributed by atoms with Crippen LogP contribution >= 0.6 is 0 Å². The Labute approximate surface area is 104 Å². The molecule has 18 heavy (non-hydrogen) atoms. The quantitative estimate of drug-likeness (QED) is 0.839. The summed E-state index contributed by atoms with van der Waals surface area (Å²) in [6.45, 7) is 3.68. The molecule has 0 saturated carbocycles. The van der Waals surface area contributed by atoms with Crippen LogP contribution in [-0.4, -0.2) is 17.5 Å². The first kappa shape index (κ1) is 12.3. The lowest BCUT2D eigenvalue weighted by Gasteiger charge is -2.15. The molecule has 0 aromatic carbocycles. The van der Waals surface area contributed by atoms with E-state index in [0.29, 0.717) is 24.3 Å². The molecule has 2 amide bonds. The van der Waals surface area contributed by atoms with Gasteiger partial charge < -0.3 is 9.73 Å². The summed E-state index contributed by atoms with van der Waals surface area (Å²) in [5.74, 6) is 1.05. The molecule has 0 bridgehead atoms. The monoisotopic (exact) mass is 249 g/mol. The van der Waals surface area contributed by atoms with Gasteiger partial charge in [0.1, 0.15) is 17.2 Å². The zero-order valence-corrected chi connectivity index (χ0v) is 10.3. The van der Waals surface area contributed by atoms with E-state index in [1.54, 1.807) is 0 Å². The molecule has 1 aromatic heterocycles. The van der Waals surface area contributed by atoms with Crippen LogP contribution in [0.25, 0.3) is 0 Å². The van der Waals surface area contributed by atoms with Crippen LogP contribution in [0.15, 0.2) is 21.7 Å². The Balaban J connectivity index is 1.97.